The van der Waals surface area contributed by atoms with Gasteiger partial charge in [0.25, 0.3) is 9.05 Å². The van der Waals surface area contributed by atoms with Crippen LogP contribution in [-0.4, -0.2) is 20.5 Å². The van der Waals surface area contributed by atoms with Crippen LogP contribution in [0, 0.1) is 5.82 Å². The third-order valence-electron chi connectivity index (χ3n) is 1.27. The van der Waals surface area contributed by atoms with Crippen LogP contribution in [0.2, 0.25) is 0 Å². The summed E-state index contributed by atoms with van der Waals surface area (Å²) in [6.45, 7) is 0. The van der Waals surface area contributed by atoms with Crippen molar-refractivity contribution in [1.29, 1.82) is 0 Å². The molecule has 0 aliphatic rings. The zero-order chi connectivity index (χ0) is 10.1. The summed E-state index contributed by atoms with van der Waals surface area (Å²) in [6.07, 6.45) is 0.730. The van der Waals surface area contributed by atoms with E-state index in [9.17, 15) is 12.8 Å². The average molecular weight is 226 g/mol. The van der Waals surface area contributed by atoms with Crippen LogP contribution in [0.15, 0.2) is 17.2 Å². The highest BCUT2D eigenvalue weighted by molar-refractivity contribution is 8.13. The number of nitrogens with zero attached hydrogens (tertiary/aromatic N) is 1. The van der Waals surface area contributed by atoms with E-state index in [0.29, 0.717) is 0 Å². The smallest absolute Gasteiger partial charge is 0.264 e. The SMILES string of the molecule is COc1cc(S(=O)(=O)Cl)c(F)cn1. The highest BCUT2D eigenvalue weighted by Gasteiger charge is 2.17. The van der Waals surface area contributed by atoms with Crippen LogP contribution in [0.1, 0.15) is 0 Å². The molecule has 1 heterocycles. The van der Waals surface area contributed by atoms with Crippen LogP contribution in [0.5, 0.6) is 5.88 Å². The van der Waals surface area contributed by atoms with Crippen molar-refractivity contribution in [3.63, 3.8) is 0 Å². The molecule has 1 aromatic rings. The van der Waals surface area contributed by atoms with Crippen molar-refractivity contribution in [2.45, 2.75) is 4.90 Å². The maximum atomic E-state index is 12.8. The van der Waals surface area contributed by atoms with Crippen molar-refractivity contribution in [2.24, 2.45) is 0 Å². The Morgan fingerprint density at radius 2 is 2.23 bits per heavy atom. The van der Waals surface area contributed by atoms with Crippen LogP contribution >= 0.6 is 10.7 Å². The first-order valence-electron chi connectivity index (χ1n) is 3.09. The van der Waals surface area contributed by atoms with Crippen molar-refractivity contribution in [3.8, 4) is 5.88 Å². The van der Waals surface area contributed by atoms with Gasteiger partial charge in [-0.1, -0.05) is 0 Å². The number of hydrogen-bond donors (Lipinski definition) is 0. The molecule has 72 valence electrons. The zero-order valence-electron chi connectivity index (χ0n) is 6.49. The fourth-order valence-corrected chi connectivity index (χ4v) is 1.58. The predicted molar refractivity (Wildman–Crippen MR) is 43.8 cm³/mol. The first kappa shape index (κ1) is 10.2. The molecule has 1 rings (SSSR count). The quantitative estimate of drug-likeness (QED) is 0.709. The summed E-state index contributed by atoms with van der Waals surface area (Å²) in [4.78, 5) is 2.81. The van der Waals surface area contributed by atoms with E-state index in [1.54, 1.807) is 0 Å². The van der Waals surface area contributed by atoms with Gasteiger partial charge in [-0.2, -0.15) is 0 Å². The molecule has 4 nitrogen and oxygen atoms in total. The summed E-state index contributed by atoms with van der Waals surface area (Å²) in [5.41, 5.74) is 0. The fourth-order valence-electron chi connectivity index (χ4n) is 0.701. The lowest BCUT2D eigenvalue weighted by molar-refractivity contribution is 0.393. The second kappa shape index (κ2) is 3.47. The van der Waals surface area contributed by atoms with Gasteiger partial charge >= 0.3 is 0 Å². The number of hydrogen-bond acceptors (Lipinski definition) is 4. The normalized spacial score (nSPS) is 11.3. The van der Waals surface area contributed by atoms with E-state index < -0.39 is 19.8 Å². The molecule has 0 aliphatic carbocycles. The number of aromatic nitrogens is 1. The lowest BCUT2D eigenvalue weighted by Crippen LogP contribution is -1.98. The lowest BCUT2D eigenvalue weighted by Gasteiger charge is -2.01. The molecular weight excluding hydrogens is 221 g/mol. The molecule has 0 N–H and O–H groups in total. The lowest BCUT2D eigenvalue weighted by atomic mass is 10.5. The van der Waals surface area contributed by atoms with Crippen LogP contribution in [0.3, 0.4) is 0 Å². The Morgan fingerprint density at radius 3 is 2.69 bits per heavy atom. The maximum absolute atomic E-state index is 12.8. The Morgan fingerprint density at radius 1 is 1.62 bits per heavy atom. The number of rotatable bonds is 2. The van der Waals surface area contributed by atoms with Crippen molar-refractivity contribution in [2.75, 3.05) is 7.11 Å². The summed E-state index contributed by atoms with van der Waals surface area (Å²) in [5, 5.41) is 0. The summed E-state index contributed by atoms with van der Waals surface area (Å²) < 4.78 is 39.0. The second-order valence-electron chi connectivity index (χ2n) is 2.09. The highest BCUT2D eigenvalue weighted by atomic mass is 35.7. The highest BCUT2D eigenvalue weighted by Crippen LogP contribution is 2.21. The number of ether oxygens (including phenoxy) is 1. The van der Waals surface area contributed by atoms with Crippen molar-refractivity contribution in [3.05, 3.63) is 18.1 Å². The van der Waals surface area contributed by atoms with Gasteiger partial charge in [0.15, 0.2) is 5.82 Å². The van der Waals surface area contributed by atoms with Crippen LogP contribution in [0.4, 0.5) is 4.39 Å². The van der Waals surface area contributed by atoms with E-state index in [1.165, 1.54) is 7.11 Å². The fraction of sp³-hybridized carbons (Fsp3) is 0.167. The minimum atomic E-state index is -4.09. The molecule has 0 bridgehead atoms. The van der Waals surface area contributed by atoms with Gasteiger partial charge in [0, 0.05) is 16.7 Å². The molecule has 0 atom stereocenters. The van der Waals surface area contributed by atoms with E-state index in [1.807, 2.05) is 0 Å². The van der Waals surface area contributed by atoms with Crippen molar-refractivity contribution < 1.29 is 17.5 Å². The minimum absolute atomic E-state index is 0.0133. The summed E-state index contributed by atoms with van der Waals surface area (Å²) >= 11 is 0. The van der Waals surface area contributed by atoms with E-state index in [2.05, 4.69) is 9.72 Å². The van der Waals surface area contributed by atoms with Gasteiger partial charge in [0.1, 0.15) is 4.90 Å². The van der Waals surface area contributed by atoms with Gasteiger partial charge in [-0.25, -0.2) is 17.8 Å². The largest absolute Gasteiger partial charge is 0.481 e. The van der Waals surface area contributed by atoms with Crippen LogP contribution in [-0.2, 0) is 9.05 Å². The molecule has 13 heavy (non-hydrogen) atoms. The number of halogens is 2. The summed E-state index contributed by atoms with van der Waals surface area (Å²) in [7, 11) is 2.14. The predicted octanol–water partition coefficient (Wildman–Crippen LogP) is 1.16. The standard InChI is InChI=1S/C6H5ClFNO3S/c1-12-6-2-5(13(7,10)11)4(8)3-9-6/h2-3H,1H3. The first-order chi connectivity index (χ1) is 5.95. The first-order valence-corrected chi connectivity index (χ1v) is 5.40. The maximum Gasteiger partial charge on any atom is 0.264 e. The van der Waals surface area contributed by atoms with Gasteiger partial charge in [-0.15, -0.1) is 0 Å². The topological polar surface area (TPSA) is 56.3 Å². The van der Waals surface area contributed by atoms with Gasteiger partial charge in [0.2, 0.25) is 5.88 Å². The van der Waals surface area contributed by atoms with E-state index >= 15 is 0 Å². The summed E-state index contributed by atoms with van der Waals surface area (Å²) in [6, 6.07) is 0.914. The Balaban J connectivity index is 3.36. The minimum Gasteiger partial charge on any atom is -0.481 e. The summed E-state index contributed by atoms with van der Waals surface area (Å²) in [5.74, 6) is -1.02. The molecule has 0 aliphatic heterocycles. The molecule has 0 unspecified atom stereocenters. The second-order valence-corrected chi connectivity index (χ2v) is 4.63. The van der Waals surface area contributed by atoms with E-state index in [4.69, 9.17) is 10.7 Å². The van der Waals surface area contributed by atoms with Crippen molar-refractivity contribution in [1.82, 2.24) is 4.98 Å². The molecular formula is C6H5ClFNO3S. The Labute approximate surface area is 78.7 Å². The third-order valence-corrected chi connectivity index (χ3v) is 2.60. The molecule has 0 amide bonds. The zero-order valence-corrected chi connectivity index (χ0v) is 8.06. The van der Waals surface area contributed by atoms with Gasteiger partial charge in [0.05, 0.1) is 13.3 Å². The molecule has 0 saturated heterocycles. The van der Waals surface area contributed by atoms with Crippen LogP contribution < -0.4 is 4.74 Å². The number of methoxy groups -OCH3 is 1. The molecule has 0 fully saturated rings. The van der Waals surface area contributed by atoms with Crippen molar-refractivity contribution >= 4 is 19.7 Å². The number of pyridine rings is 1. The monoisotopic (exact) mass is 225 g/mol. The Hall–Kier alpha value is -0.880. The van der Waals surface area contributed by atoms with E-state index in [0.717, 1.165) is 12.3 Å². The third kappa shape index (κ3) is 2.28. The molecule has 7 heteroatoms. The molecule has 0 spiro atoms. The molecule has 1 aromatic heterocycles. The molecule has 0 radical (unpaired) electrons. The van der Waals surface area contributed by atoms with Crippen LogP contribution in [0.25, 0.3) is 0 Å². The van der Waals surface area contributed by atoms with E-state index in [-0.39, 0.29) is 5.88 Å². The molecule has 0 saturated carbocycles. The van der Waals surface area contributed by atoms with Gasteiger partial charge < -0.3 is 4.74 Å². The Bertz CT molecular complexity index is 420. The van der Waals surface area contributed by atoms with Gasteiger partial charge in [-0.05, 0) is 0 Å². The Kier molecular flexibility index (Phi) is 2.72. The average Bonchev–Trinajstić information content (AvgIpc) is 2.03. The molecule has 0 aromatic carbocycles. The van der Waals surface area contributed by atoms with Gasteiger partial charge in [-0.3, -0.25) is 0 Å².